The zero-order chi connectivity index (χ0) is 14.4. The largest absolute Gasteiger partial charge is 0.497 e. The average Bonchev–Trinajstić information content (AvgIpc) is 2.99. The summed E-state index contributed by atoms with van der Waals surface area (Å²) >= 11 is 0. The molecule has 1 N–H and O–H groups in total. The van der Waals surface area contributed by atoms with E-state index in [0.29, 0.717) is 0 Å². The summed E-state index contributed by atoms with van der Waals surface area (Å²) in [6, 6.07) is 13.5. The molecule has 0 saturated heterocycles. The number of nitrogens with zero attached hydrogens (tertiary/aromatic N) is 2. The topological polar surface area (TPSA) is 47.3 Å². The second-order valence-corrected chi connectivity index (χ2v) is 5.04. The van der Waals surface area contributed by atoms with Crippen LogP contribution in [-0.2, 0) is 0 Å². The van der Waals surface area contributed by atoms with Crippen LogP contribution in [0.15, 0.2) is 54.9 Å². The van der Waals surface area contributed by atoms with Crippen molar-refractivity contribution in [3.05, 3.63) is 66.0 Å². The Hall–Kier alpha value is -2.59. The molecule has 0 spiro atoms. The van der Waals surface area contributed by atoms with Crippen molar-refractivity contribution in [3.63, 3.8) is 0 Å². The lowest BCUT2D eigenvalue weighted by atomic mass is 9.97. The molecule has 0 saturated carbocycles. The maximum atomic E-state index is 10.8. The molecule has 0 fully saturated rings. The minimum Gasteiger partial charge on any atom is -0.497 e. The Morgan fingerprint density at radius 3 is 2.86 bits per heavy atom. The molecule has 0 amide bonds. The van der Waals surface area contributed by atoms with E-state index in [1.807, 2.05) is 53.2 Å². The van der Waals surface area contributed by atoms with Gasteiger partial charge in [-0.3, -0.25) is 4.57 Å². The number of ether oxygens (including phenoxy) is 1. The van der Waals surface area contributed by atoms with Gasteiger partial charge in [-0.2, -0.15) is 0 Å². The van der Waals surface area contributed by atoms with Gasteiger partial charge in [0.25, 0.3) is 0 Å². The van der Waals surface area contributed by atoms with Gasteiger partial charge in [-0.15, -0.1) is 0 Å². The molecule has 4 nitrogen and oxygen atoms in total. The Bertz CT molecular complexity index is 823. The third-order valence-corrected chi connectivity index (χ3v) is 3.93. The zero-order valence-corrected chi connectivity index (χ0v) is 11.5. The molecular formula is C17H14N2O2. The lowest BCUT2D eigenvalue weighted by Crippen LogP contribution is -2.03. The van der Waals surface area contributed by atoms with Crippen LogP contribution in [0.1, 0.15) is 17.2 Å². The van der Waals surface area contributed by atoms with Crippen molar-refractivity contribution in [2.45, 2.75) is 6.10 Å². The van der Waals surface area contributed by atoms with Crippen molar-refractivity contribution in [3.8, 4) is 22.8 Å². The van der Waals surface area contributed by atoms with E-state index >= 15 is 0 Å². The van der Waals surface area contributed by atoms with Crippen LogP contribution in [-0.4, -0.2) is 21.8 Å². The van der Waals surface area contributed by atoms with Crippen LogP contribution in [0.4, 0.5) is 0 Å². The monoisotopic (exact) mass is 278 g/mol. The number of benzene rings is 2. The second-order valence-electron chi connectivity index (χ2n) is 5.04. The van der Waals surface area contributed by atoms with Gasteiger partial charge < -0.3 is 9.84 Å². The number of aliphatic hydroxyl groups is 1. The van der Waals surface area contributed by atoms with Crippen molar-refractivity contribution >= 4 is 0 Å². The maximum Gasteiger partial charge on any atom is 0.144 e. The minimum atomic E-state index is -0.677. The van der Waals surface area contributed by atoms with Crippen molar-refractivity contribution in [1.82, 2.24) is 9.55 Å². The number of aliphatic hydroxyl groups excluding tert-OH is 1. The van der Waals surface area contributed by atoms with E-state index in [1.54, 1.807) is 13.3 Å². The van der Waals surface area contributed by atoms with Gasteiger partial charge in [0.15, 0.2) is 0 Å². The van der Waals surface area contributed by atoms with Gasteiger partial charge in [0, 0.05) is 29.6 Å². The number of methoxy groups -OCH3 is 1. The van der Waals surface area contributed by atoms with Crippen LogP contribution >= 0.6 is 0 Å². The van der Waals surface area contributed by atoms with Crippen molar-refractivity contribution < 1.29 is 9.84 Å². The molecule has 1 unspecified atom stereocenters. The first-order valence-corrected chi connectivity index (χ1v) is 6.78. The van der Waals surface area contributed by atoms with Crippen LogP contribution < -0.4 is 4.74 Å². The van der Waals surface area contributed by atoms with E-state index in [4.69, 9.17) is 4.74 Å². The summed E-state index contributed by atoms with van der Waals surface area (Å²) in [6.45, 7) is 0. The highest BCUT2D eigenvalue weighted by Crippen LogP contribution is 2.39. The summed E-state index contributed by atoms with van der Waals surface area (Å²) < 4.78 is 7.30. The Morgan fingerprint density at radius 2 is 2.00 bits per heavy atom. The third-order valence-electron chi connectivity index (χ3n) is 3.93. The molecule has 1 aliphatic heterocycles. The first-order chi connectivity index (χ1) is 10.3. The molecule has 1 atom stereocenters. The average molecular weight is 278 g/mol. The van der Waals surface area contributed by atoms with Gasteiger partial charge in [0.05, 0.1) is 12.8 Å². The van der Waals surface area contributed by atoms with Crippen molar-refractivity contribution in [2.24, 2.45) is 0 Å². The number of rotatable bonds is 1. The maximum absolute atomic E-state index is 10.8. The Morgan fingerprint density at radius 1 is 1.14 bits per heavy atom. The lowest BCUT2D eigenvalue weighted by Gasteiger charge is -2.15. The van der Waals surface area contributed by atoms with Gasteiger partial charge in [0.1, 0.15) is 17.7 Å². The van der Waals surface area contributed by atoms with Crippen LogP contribution in [0.2, 0.25) is 0 Å². The van der Waals surface area contributed by atoms with Gasteiger partial charge >= 0.3 is 0 Å². The standard InChI is InChI=1S/C17H14N2O2/c1-21-11-6-7-14-15(10-11)19-9-8-18-17(19)13-5-3-2-4-12(13)16(14)20/h2-10,16,20H,1H3. The number of fused-ring (bicyclic) bond motifs is 5. The molecule has 0 radical (unpaired) electrons. The summed E-state index contributed by atoms with van der Waals surface area (Å²) in [7, 11) is 1.64. The predicted molar refractivity (Wildman–Crippen MR) is 79.6 cm³/mol. The normalized spacial score (nSPS) is 15.6. The number of hydrogen-bond donors (Lipinski definition) is 1. The highest BCUT2D eigenvalue weighted by atomic mass is 16.5. The number of aromatic nitrogens is 2. The number of imidazole rings is 1. The predicted octanol–water partition coefficient (Wildman–Crippen LogP) is 2.94. The van der Waals surface area contributed by atoms with Crippen LogP contribution in [0.3, 0.4) is 0 Å². The van der Waals surface area contributed by atoms with Crippen molar-refractivity contribution in [2.75, 3.05) is 7.11 Å². The molecule has 1 aromatic heterocycles. The van der Waals surface area contributed by atoms with E-state index in [9.17, 15) is 5.11 Å². The molecule has 2 heterocycles. The fraction of sp³-hybridized carbons (Fsp3) is 0.118. The molecule has 1 aliphatic rings. The highest BCUT2D eigenvalue weighted by Gasteiger charge is 2.26. The molecule has 4 heteroatoms. The first kappa shape index (κ1) is 12.2. The highest BCUT2D eigenvalue weighted by molar-refractivity contribution is 5.69. The molecule has 3 aromatic rings. The molecule has 4 rings (SSSR count). The second kappa shape index (κ2) is 4.46. The zero-order valence-electron chi connectivity index (χ0n) is 11.5. The van der Waals surface area contributed by atoms with Crippen LogP contribution in [0.25, 0.3) is 17.1 Å². The fourth-order valence-electron chi connectivity index (χ4n) is 2.89. The molecule has 0 aliphatic carbocycles. The van der Waals surface area contributed by atoms with Gasteiger partial charge in [-0.25, -0.2) is 4.98 Å². The molecule has 104 valence electrons. The summed E-state index contributed by atoms with van der Waals surface area (Å²) in [5.74, 6) is 1.59. The lowest BCUT2D eigenvalue weighted by molar-refractivity contribution is 0.221. The summed E-state index contributed by atoms with van der Waals surface area (Å²) in [5, 5.41) is 10.8. The smallest absolute Gasteiger partial charge is 0.144 e. The quantitative estimate of drug-likeness (QED) is 0.744. The van der Waals surface area contributed by atoms with Gasteiger partial charge in [-0.05, 0) is 11.6 Å². The minimum absolute atomic E-state index is 0.677. The first-order valence-electron chi connectivity index (χ1n) is 6.78. The third kappa shape index (κ3) is 1.69. The van der Waals surface area contributed by atoms with Crippen LogP contribution in [0.5, 0.6) is 5.75 Å². The molecule has 0 bridgehead atoms. The molecular weight excluding hydrogens is 264 g/mol. The summed E-state index contributed by atoms with van der Waals surface area (Å²) in [6.07, 6.45) is 3.00. The Kier molecular flexibility index (Phi) is 2.59. The van der Waals surface area contributed by atoms with E-state index in [2.05, 4.69) is 4.98 Å². The van der Waals surface area contributed by atoms with E-state index < -0.39 is 6.10 Å². The van der Waals surface area contributed by atoms with E-state index in [0.717, 1.165) is 34.0 Å². The SMILES string of the molecule is COc1ccc2c(c1)-n1ccnc1-c1ccccc1C2O. The van der Waals surface area contributed by atoms with E-state index in [1.165, 1.54) is 0 Å². The van der Waals surface area contributed by atoms with Crippen LogP contribution in [0, 0.1) is 0 Å². The molecule has 21 heavy (non-hydrogen) atoms. The fourth-order valence-corrected chi connectivity index (χ4v) is 2.89. The van der Waals surface area contributed by atoms with Crippen molar-refractivity contribution in [1.29, 1.82) is 0 Å². The summed E-state index contributed by atoms with van der Waals surface area (Å²) in [4.78, 5) is 4.46. The van der Waals surface area contributed by atoms with Gasteiger partial charge in [-0.1, -0.05) is 30.3 Å². The van der Waals surface area contributed by atoms with E-state index in [-0.39, 0.29) is 0 Å². The van der Waals surface area contributed by atoms with Gasteiger partial charge in [0.2, 0.25) is 0 Å². The Labute approximate surface area is 122 Å². The summed E-state index contributed by atoms with van der Waals surface area (Å²) in [5.41, 5.74) is 3.56. The Balaban J connectivity index is 2.09. The number of hydrogen-bond acceptors (Lipinski definition) is 3. The molecule has 2 aromatic carbocycles.